The van der Waals surface area contributed by atoms with Crippen LogP contribution in [0.2, 0.25) is 0 Å². The smallest absolute Gasteiger partial charge is 0.256 e. The molecule has 1 N–H and O–H groups in total. The summed E-state index contributed by atoms with van der Waals surface area (Å²) >= 11 is 1.48. The molecule has 6 nitrogen and oxygen atoms in total. The Labute approximate surface area is 183 Å². The average molecular weight is 430 g/mol. The van der Waals surface area contributed by atoms with Gasteiger partial charge in [0.25, 0.3) is 5.91 Å². The Balaban J connectivity index is 1.22. The van der Waals surface area contributed by atoms with E-state index in [1.54, 1.807) is 24.3 Å². The zero-order chi connectivity index (χ0) is 21.3. The highest BCUT2D eigenvalue weighted by Crippen LogP contribution is 2.53. The molecule has 1 aromatic carbocycles. The summed E-state index contributed by atoms with van der Waals surface area (Å²) in [7, 11) is 0. The molecule has 2 heterocycles. The summed E-state index contributed by atoms with van der Waals surface area (Å²) in [6, 6.07) is 8.79. The Bertz CT molecular complexity index is 1190. The maximum absolute atomic E-state index is 12.9. The second-order valence-electron chi connectivity index (χ2n) is 8.69. The van der Waals surface area contributed by atoms with Gasteiger partial charge in [0.1, 0.15) is 11.1 Å². The van der Waals surface area contributed by atoms with Crippen LogP contribution in [0.15, 0.2) is 36.4 Å². The van der Waals surface area contributed by atoms with E-state index < -0.39 is 0 Å². The fourth-order valence-electron chi connectivity index (χ4n) is 5.70. The number of imide groups is 1. The van der Waals surface area contributed by atoms with Crippen LogP contribution in [0.3, 0.4) is 0 Å². The number of nitrogens with zero attached hydrogens (tertiary/aromatic N) is 2. The molecule has 2 fully saturated rings. The number of aryl methyl sites for hydroxylation is 1. The van der Waals surface area contributed by atoms with Gasteiger partial charge in [0.15, 0.2) is 0 Å². The van der Waals surface area contributed by atoms with E-state index in [2.05, 4.69) is 23.5 Å². The monoisotopic (exact) mass is 429 g/mol. The number of hydrogen-bond donors (Lipinski definition) is 1. The van der Waals surface area contributed by atoms with Gasteiger partial charge in [-0.3, -0.25) is 19.3 Å². The number of carbonyl (C=O) groups is 3. The number of amides is 3. The molecule has 1 saturated heterocycles. The van der Waals surface area contributed by atoms with E-state index in [9.17, 15) is 19.6 Å². The number of anilines is 2. The summed E-state index contributed by atoms with van der Waals surface area (Å²) in [6.07, 6.45) is 7.94. The Morgan fingerprint density at radius 2 is 1.74 bits per heavy atom. The van der Waals surface area contributed by atoms with Gasteiger partial charge < -0.3 is 5.32 Å². The van der Waals surface area contributed by atoms with Crippen LogP contribution in [-0.4, -0.2) is 17.7 Å². The second kappa shape index (κ2) is 6.63. The van der Waals surface area contributed by atoms with Crippen LogP contribution in [0.5, 0.6) is 0 Å². The fraction of sp³-hybridized carbons (Fsp3) is 0.333. The molecule has 0 radical (unpaired) electrons. The van der Waals surface area contributed by atoms with E-state index in [0.717, 1.165) is 31.2 Å². The molecule has 1 aliphatic heterocycles. The number of hydrogen-bond acceptors (Lipinski definition) is 5. The SMILES string of the molecule is N#Cc1c(NC(=O)c2ccc(N3C(=O)[C@@H]4[C@@H](C3=O)[C@H]3C=C[C@@H]4C3)cc2)sc2c1CCC2. The number of carbonyl (C=O) groups excluding carboxylic acids is 3. The van der Waals surface area contributed by atoms with Gasteiger partial charge in [-0.1, -0.05) is 12.2 Å². The Morgan fingerprint density at radius 1 is 1.06 bits per heavy atom. The van der Waals surface area contributed by atoms with Crippen molar-refractivity contribution in [3.8, 4) is 6.07 Å². The highest BCUT2D eigenvalue weighted by molar-refractivity contribution is 7.16. The van der Waals surface area contributed by atoms with E-state index in [1.807, 2.05) is 0 Å². The van der Waals surface area contributed by atoms with Gasteiger partial charge in [0.2, 0.25) is 11.8 Å². The van der Waals surface area contributed by atoms with E-state index >= 15 is 0 Å². The normalized spacial score (nSPS) is 27.5. The first-order chi connectivity index (χ1) is 15.1. The lowest BCUT2D eigenvalue weighted by Gasteiger charge is -2.17. The maximum Gasteiger partial charge on any atom is 0.256 e. The van der Waals surface area contributed by atoms with Gasteiger partial charge >= 0.3 is 0 Å². The molecular weight excluding hydrogens is 410 g/mol. The third-order valence-corrected chi connectivity index (χ3v) is 8.33. The first-order valence-electron chi connectivity index (χ1n) is 10.6. The predicted octanol–water partition coefficient (Wildman–Crippen LogP) is 3.67. The third kappa shape index (κ3) is 2.58. The first kappa shape index (κ1) is 18.5. The molecule has 7 heteroatoms. The van der Waals surface area contributed by atoms with Crippen LogP contribution < -0.4 is 10.2 Å². The molecule has 4 atom stereocenters. The summed E-state index contributed by atoms with van der Waals surface area (Å²) in [5.74, 6) is -0.703. The van der Waals surface area contributed by atoms with Crippen molar-refractivity contribution in [2.45, 2.75) is 25.7 Å². The van der Waals surface area contributed by atoms with Crippen LogP contribution in [0, 0.1) is 35.0 Å². The summed E-state index contributed by atoms with van der Waals surface area (Å²) < 4.78 is 0. The van der Waals surface area contributed by atoms with Gasteiger partial charge in [0, 0.05) is 10.4 Å². The summed E-state index contributed by atoms with van der Waals surface area (Å²) in [4.78, 5) is 41.1. The molecule has 154 valence electrons. The fourth-order valence-corrected chi connectivity index (χ4v) is 6.94. The van der Waals surface area contributed by atoms with Crippen molar-refractivity contribution in [1.29, 1.82) is 5.26 Å². The van der Waals surface area contributed by atoms with Gasteiger partial charge in [-0.15, -0.1) is 11.3 Å². The molecule has 6 rings (SSSR count). The van der Waals surface area contributed by atoms with Crippen molar-refractivity contribution < 1.29 is 14.4 Å². The molecule has 0 unspecified atom stereocenters. The molecule has 0 spiro atoms. The van der Waals surface area contributed by atoms with Crippen molar-refractivity contribution in [2.75, 3.05) is 10.2 Å². The minimum Gasteiger partial charge on any atom is -0.312 e. The number of benzene rings is 1. The lowest BCUT2D eigenvalue weighted by molar-refractivity contribution is -0.123. The summed E-state index contributed by atoms with van der Waals surface area (Å²) in [6.45, 7) is 0. The summed E-state index contributed by atoms with van der Waals surface area (Å²) in [5, 5.41) is 13.0. The average Bonchev–Trinajstić information content (AvgIpc) is 3.56. The van der Waals surface area contributed by atoms with Crippen LogP contribution >= 0.6 is 11.3 Å². The predicted molar refractivity (Wildman–Crippen MR) is 116 cm³/mol. The minimum atomic E-state index is -0.304. The van der Waals surface area contributed by atoms with Crippen molar-refractivity contribution in [3.05, 3.63) is 58.0 Å². The minimum absolute atomic E-state index is 0.129. The highest BCUT2D eigenvalue weighted by Gasteiger charge is 2.59. The van der Waals surface area contributed by atoms with Crippen LogP contribution in [0.1, 0.15) is 39.2 Å². The molecule has 2 bridgehead atoms. The topological polar surface area (TPSA) is 90.3 Å². The van der Waals surface area contributed by atoms with Gasteiger partial charge in [0.05, 0.1) is 23.1 Å². The van der Waals surface area contributed by atoms with Crippen molar-refractivity contribution in [1.82, 2.24) is 0 Å². The maximum atomic E-state index is 12.9. The lowest BCUT2D eigenvalue weighted by atomic mass is 9.85. The molecule has 2 aromatic rings. The quantitative estimate of drug-likeness (QED) is 0.595. The standard InChI is InChI=1S/C24H19N3O3S/c25-11-17-16-2-1-3-18(16)31-22(17)26-21(28)12-6-8-15(9-7-12)27-23(29)19-13-4-5-14(10-13)20(19)24(27)30/h4-9,13-14,19-20H,1-3,10H2,(H,26,28)/t13-,14+,19-,20-/m0/s1. The number of rotatable bonds is 3. The zero-order valence-corrected chi connectivity index (χ0v) is 17.4. The van der Waals surface area contributed by atoms with Crippen LogP contribution in [0.25, 0.3) is 0 Å². The first-order valence-corrected chi connectivity index (χ1v) is 11.4. The lowest BCUT2D eigenvalue weighted by Crippen LogP contribution is -2.32. The molecule has 4 aliphatic rings. The van der Waals surface area contributed by atoms with Crippen molar-refractivity contribution in [3.63, 3.8) is 0 Å². The number of thiophene rings is 1. The zero-order valence-electron chi connectivity index (χ0n) is 16.6. The Kier molecular flexibility index (Phi) is 3.96. The van der Waals surface area contributed by atoms with Crippen molar-refractivity contribution >= 4 is 39.7 Å². The molecule has 1 saturated carbocycles. The number of fused-ring (bicyclic) bond motifs is 6. The largest absolute Gasteiger partial charge is 0.312 e. The van der Waals surface area contributed by atoms with E-state index in [1.165, 1.54) is 21.1 Å². The van der Waals surface area contributed by atoms with E-state index in [0.29, 0.717) is 21.8 Å². The number of nitrogens with one attached hydrogen (secondary N) is 1. The Hall–Kier alpha value is -3.24. The highest BCUT2D eigenvalue weighted by atomic mass is 32.1. The molecule has 3 aliphatic carbocycles. The van der Waals surface area contributed by atoms with Gasteiger partial charge in [-0.05, 0) is 67.3 Å². The van der Waals surface area contributed by atoms with Gasteiger partial charge in [-0.2, -0.15) is 5.26 Å². The van der Waals surface area contributed by atoms with Crippen LogP contribution in [-0.2, 0) is 22.4 Å². The van der Waals surface area contributed by atoms with Crippen LogP contribution in [0.4, 0.5) is 10.7 Å². The Morgan fingerprint density at radius 3 is 2.39 bits per heavy atom. The third-order valence-electron chi connectivity index (χ3n) is 7.12. The number of nitriles is 1. The van der Waals surface area contributed by atoms with Crippen molar-refractivity contribution in [2.24, 2.45) is 23.7 Å². The number of allylic oxidation sites excluding steroid dienone is 2. The van der Waals surface area contributed by atoms with Gasteiger partial charge in [-0.25, -0.2) is 0 Å². The van der Waals surface area contributed by atoms with E-state index in [4.69, 9.17) is 0 Å². The second-order valence-corrected chi connectivity index (χ2v) is 9.79. The summed E-state index contributed by atoms with van der Waals surface area (Å²) in [5.41, 5.74) is 2.57. The molecular formula is C24H19N3O3S. The molecule has 31 heavy (non-hydrogen) atoms. The molecule has 1 aromatic heterocycles. The molecule has 3 amide bonds. The van der Waals surface area contributed by atoms with E-state index in [-0.39, 0.29) is 41.4 Å².